The lowest BCUT2D eigenvalue weighted by Crippen LogP contribution is -2.00. The lowest BCUT2D eigenvalue weighted by Gasteiger charge is -2.05. The van der Waals surface area contributed by atoms with E-state index in [1.165, 1.54) is 0 Å². The fourth-order valence-electron chi connectivity index (χ4n) is 1.04. The average molecular weight is 165 g/mol. The molecule has 3 nitrogen and oxygen atoms in total. The fourth-order valence-corrected chi connectivity index (χ4v) is 1.04. The van der Waals surface area contributed by atoms with E-state index in [0.29, 0.717) is 0 Å². The summed E-state index contributed by atoms with van der Waals surface area (Å²) in [6.07, 6.45) is 3.65. The molecule has 0 bridgehead atoms. The van der Waals surface area contributed by atoms with Crippen LogP contribution in [0.3, 0.4) is 0 Å². The van der Waals surface area contributed by atoms with Crippen LogP contribution < -0.4 is 10.6 Å². The van der Waals surface area contributed by atoms with Gasteiger partial charge in [-0.2, -0.15) is 0 Å². The summed E-state index contributed by atoms with van der Waals surface area (Å²) in [5.41, 5.74) is 2.13. The van der Waals surface area contributed by atoms with Gasteiger partial charge >= 0.3 is 0 Å². The van der Waals surface area contributed by atoms with Gasteiger partial charge in [-0.25, -0.2) is 0 Å². The molecule has 0 aliphatic carbocycles. The first kappa shape index (κ1) is 8.84. The van der Waals surface area contributed by atoms with Crippen molar-refractivity contribution in [2.24, 2.45) is 0 Å². The molecule has 1 aromatic rings. The largest absolute Gasteiger partial charge is 0.384 e. The summed E-state index contributed by atoms with van der Waals surface area (Å²) in [7, 11) is 0. The monoisotopic (exact) mass is 165 g/mol. The minimum atomic E-state index is 0.928. The molecule has 0 aromatic carbocycles. The Kier molecular flexibility index (Phi) is 3.38. The van der Waals surface area contributed by atoms with E-state index in [4.69, 9.17) is 0 Å². The molecule has 1 heterocycles. The van der Waals surface area contributed by atoms with Crippen molar-refractivity contribution in [3.63, 3.8) is 0 Å². The molecule has 0 aliphatic heterocycles. The summed E-state index contributed by atoms with van der Waals surface area (Å²) in [5, 5.41) is 6.41. The zero-order chi connectivity index (χ0) is 8.81. The third-order valence-corrected chi connectivity index (χ3v) is 1.50. The van der Waals surface area contributed by atoms with Gasteiger partial charge in [-0.1, -0.05) is 0 Å². The molecule has 0 spiro atoms. The number of aromatic nitrogens is 1. The maximum atomic E-state index is 4.10. The lowest BCUT2D eigenvalue weighted by atomic mass is 10.3. The van der Waals surface area contributed by atoms with Crippen LogP contribution in [0.1, 0.15) is 13.8 Å². The van der Waals surface area contributed by atoms with Crippen molar-refractivity contribution in [1.29, 1.82) is 0 Å². The van der Waals surface area contributed by atoms with Crippen LogP contribution in [0.25, 0.3) is 0 Å². The molecular weight excluding hydrogens is 150 g/mol. The van der Waals surface area contributed by atoms with Crippen LogP contribution in [0.15, 0.2) is 18.5 Å². The summed E-state index contributed by atoms with van der Waals surface area (Å²) in [5.74, 6) is 0. The molecule has 2 N–H and O–H groups in total. The summed E-state index contributed by atoms with van der Waals surface area (Å²) in [6.45, 7) is 5.99. The number of nitrogens with one attached hydrogen (secondary N) is 2. The van der Waals surface area contributed by atoms with Gasteiger partial charge in [0.25, 0.3) is 0 Å². The molecule has 1 rings (SSSR count). The molecule has 0 saturated heterocycles. The minimum absolute atomic E-state index is 0.928. The van der Waals surface area contributed by atoms with Crippen molar-refractivity contribution >= 4 is 11.4 Å². The SMILES string of the molecule is CCNc1cncc(NCC)c1. The van der Waals surface area contributed by atoms with Crippen LogP contribution in [-0.4, -0.2) is 18.1 Å². The highest BCUT2D eigenvalue weighted by Crippen LogP contribution is 2.11. The van der Waals surface area contributed by atoms with Crippen molar-refractivity contribution in [2.45, 2.75) is 13.8 Å². The first-order valence-electron chi connectivity index (χ1n) is 4.29. The second-order valence-corrected chi connectivity index (χ2v) is 2.52. The van der Waals surface area contributed by atoms with Gasteiger partial charge in [-0.15, -0.1) is 0 Å². The highest BCUT2D eigenvalue weighted by Gasteiger charge is 1.92. The predicted octanol–water partition coefficient (Wildman–Crippen LogP) is 1.95. The molecule has 0 unspecified atom stereocenters. The molecule has 0 saturated carbocycles. The Bertz CT molecular complexity index is 214. The number of nitrogens with zero attached hydrogens (tertiary/aromatic N) is 1. The third kappa shape index (κ3) is 2.42. The van der Waals surface area contributed by atoms with Crippen LogP contribution in [0.2, 0.25) is 0 Å². The Morgan fingerprint density at radius 1 is 1.08 bits per heavy atom. The lowest BCUT2D eigenvalue weighted by molar-refractivity contribution is 1.17. The molecule has 0 amide bonds. The Morgan fingerprint density at radius 3 is 2.00 bits per heavy atom. The normalized spacial score (nSPS) is 9.50. The van der Waals surface area contributed by atoms with Gasteiger partial charge in [0.2, 0.25) is 0 Å². The van der Waals surface area contributed by atoms with Crippen LogP contribution >= 0.6 is 0 Å². The van der Waals surface area contributed by atoms with E-state index in [2.05, 4.69) is 35.5 Å². The highest BCUT2D eigenvalue weighted by molar-refractivity contribution is 5.53. The number of hydrogen-bond donors (Lipinski definition) is 2. The molecule has 0 fully saturated rings. The highest BCUT2D eigenvalue weighted by atomic mass is 14.9. The van der Waals surface area contributed by atoms with Gasteiger partial charge in [0.05, 0.1) is 23.8 Å². The molecule has 66 valence electrons. The van der Waals surface area contributed by atoms with Gasteiger partial charge in [-0.05, 0) is 19.9 Å². The summed E-state index contributed by atoms with van der Waals surface area (Å²) >= 11 is 0. The second-order valence-electron chi connectivity index (χ2n) is 2.52. The van der Waals surface area contributed by atoms with Crippen molar-refractivity contribution in [3.8, 4) is 0 Å². The molecule has 0 radical (unpaired) electrons. The maximum absolute atomic E-state index is 4.10. The molecule has 1 aromatic heterocycles. The molecule has 3 heteroatoms. The third-order valence-electron chi connectivity index (χ3n) is 1.50. The zero-order valence-corrected chi connectivity index (χ0v) is 7.59. The molecule has 12 heavy (non-hydrogen) atoms. The minimum Gasteiger partial charge on any atom is -0.384 e. The van der Waals surface area contributed by atoms with E-state index >= 15 is 0 Å². The Morgan fingerprint density at radius 2 is 1.58 bits per heavy atom. The van der Waals surface area contributed by atoms with Gasteiger partial charge in [0.1, 0.15) is 0 Å². The summed E-state index contributed by atoms with van der Waals surface area (Å²) in [6, 6.07) is 2.06. The first-order chi connectivity index (χ1) is 5.86. The van der Waals surface area contributed by atoms with Crippen molar-refractivity contribution in [2.75, 3.05) is 23.7 Å². The van der Waals surface area contributed by atoms with Crippen LogP contribution in [0, 0.1) is 0 Å². The topological polar surface area (TPSA) is 37.0 Å². The van der Waals surface area contributed by atoms with Crippen LogP contribution in [-0.2, 0) is 0 Å². The van der Waals surface area contributed by atoms with Crippen molar-refractivity contribution in [1.82, 2.24) is 4.98 Å². The number of rotatable bonds is 4. The van der Waals surface area contributed by atoms with E-state index in [1.54, 1.807) is 0 Å². The number of anilines is 2. The first-order valence-corrected chi connectivity index (χ1v) is 4.29. The summed E-state index contributed by atoms with van der Waals surface area (Å²) in [4.78, 5) is 4.10. The second kappa shape index (κ2) is 4.59. The average Bonchev–Trinajstić information content (AvgIpc) is 2.06. The van der Waals surface area contributed by atoms with E-state index in [-0.39, 0.29) is 0 Å². The Hall–Kier alpha value is -1.25. The van der Waals surface area contributed by atoms with Crippen molar-refractivity contribution in [3.05, 3.63) is 18.5 Å². The Labute approximate surface area is 73.2 Å². The van der Waals surface area contributed by atoms with E-state index in [1.807, 2.05) is 12.4 Å². The molecule has 0 atom stereocenters. The van der Waals surface area contributed by atoms with Crippen LogP contribution in [0.4, 0.5) is 11.4 Å². The standard InChI is InChI=1S/C9H15N3/c1-3-11-8-5-9(12-4-2)7-10-6-8/h5-7,11-12H,3-4H2,1-2H3. The summed E-state index contributed by atoms with van der Waals surface area (Å²) < 4.78 is 0. The smallest absolute Gasteiger partial charge is 0.0547 e. The van der Waals surface area contributed by atoms with E-state index in [0.717, 1.165) is 24.5 Å². The van der Waals surface area contributed by atoms with Crippen molar-refractivity contribution < 1.29 is 0 Å². The van der Waals surface area contributed by atoms with Gasteiger partial charge in [0.15, 0.2) is 0 Å². The van der Waals surface area contributed by atoms with Gasteiger partial charge in [0, 0.05) is 13.1 Å². The van der Waals surface area contributed by atoms with Crippen LogP contribution in [0.5, 0.6) is 0 Å². The maximum Gasteiger partial charge on any atom is 0.0547 e. The van der Waals surface area contributed by atoms with Gasteiger partial charge < -0.3 is 10.6 Å². The Balaban J connectivity index is 2.67. The van der Waals surface area contributed by atoms with Gasteiger partial charge in [-0.3, -0.25) is 4.98 Å². The molecule has 0 aliphatic rings. The van der Waals surface area contributed by atoms with E-state index < -0.39 is 0 Å². The fraction of sp³-hybridized carbons (Fsp3) is 0.444. The quantitative estimate of drug-likeness (QED) is 0.716. The number of hydrogen-bond acceptors (Lipinski definition) is 3. The van der Waals surface area contributed by atoms with E-state index in [9.17, 15) is 0 Å². The zero-order valence-electron chi connectivity index (χ0n) is 7.59. The number of pyridine rings is 1. The predicted molar refractivity (Wildman–Crippen MR) is 52.6 cm³/mol. The molecular formula is C9H15N3.